The minimum Gasteiger partial charge on any atom is -0.494 e. The summed E-state index contributed by atoms with van der Waals surface area (Å²) in [6.07, 6.45) is 4.84. The molecule has 0 saturated heterocycles. The van der Waals surface area contributed by atoms with Gasteiger partial charge in [0.25, 0.3) is 0 Å². The monoisotopic (exact) mass is 519 g/mol. The second-order valence-corrected chi connectivity index (χ2v) is 10.7. The van der Waals surface area contributed by atoms with Gasteiger partial charge in [0.15, 0.2) is 0 Å². The van der Waals surface area contributed by atoms with Crippen LogP contribution in [0.1, 0.15) is 32.6 Å². The number of fused-ring (bicyclic) bond motifs is 5. The van der Waals surface area contributed by atoms with Crippen LogP contribution in [-0.2, 0) is 0 Å². The Bertz CT molecular complexity index is 1910. The molecule has 1 aromatic heterocycles. The van der Waals surface area contributed by atoms with Crippen LogP contribution in [0.15, 0.2) is 121 Å². The molecule has 0 saturated carbocycles. The topological polar surface area (TPSA) is 14.2 Å². The van der Waals surface area contributed by atoms with E-state index in [1.807, 2.05) is 0 Å². The molecule has 0 aliphatic rings. The molecule has 0 amide bonds. The molecule has 6 aromatic carbocycles. The van der Waals surface area contributed by atoms with Crippen molar-refractivity contribution in [3.05, 3.63) is 121 Å². The van der Waals surface area contributed by atoms with Gasteiger partial charge < -0.3 is 9.30 Å². The highest BCUT2D eigenvalue weighted by atomic mass is 16.5. The summed E-state index contributed by atoms with van der Waals surface area (Å²) in [6, 6.07) is 44.0. The van der Waals surface area contributed by atoms with E-state index in [4.69, 9.17) is 4.74 Å². The van der Waals surface area contributed by atoms with Crippen LogP contribution in [0.25, 0.3) is 60.2 Å². The van der Waals surface area contributed by atoms with E-state index in [1.54, 1.807) is 0 Å². The predicted molar refractivity (Wildman–Crippen MR) is 171 cm³/mol. The summed E-state index contributed by atoms with van der Waals surface area (Å²) in [5.74, 6) is 0.934. The fraction of sp³-hybridized carbons (Fsp3) is 0.158. The lowest BCUT2D eigenvalue weighted by Gasteiger charge is -2.14. The lowest BCUT2D eigenvalue weighted by molar-refractivity contribution is 0.305. The number of unbranched alkanes of at least 4 members (excludes halogenated alkanes) is 3. The summed E-state index contributed by atoms with van der Waals surface area (Å²) >= 11 is 0. The number of benzene rings is 6. The fourth-order valence-electron chi connectivity index (χ4n) is 6.14. The first kappa shape index (κ1) is 24.5. The van der Waals surface area contributed by atoms with Crippen LogP contribution < -0.4 is 4.74 Å². The highest BCUT2D eigenvalue weighted by Gasteiger charge is 2.15. The van der Waals surface area contributed by atoms with Gasteiger partial charge in [0, 0.05) is 16.5 Å². The zero-order valence-corrected chi connectivity index (χ0v) is 22.9. The maximum absolute atomic E-state index is 6.05. The third kappa shape index (κ3) is 4.30. The highest BCUT2D eigenvalue weighted by Crippen LogP contribution is 2.40. The molecule has 7 rings (SSSR count). The zero-order valence-electron chi connectivity index (χ0n) is 22.9. The third-order valence-corrected chi connectivity index (χ3v) is 8.10. The van der Waals surface area contributed by atoms with Crippen molar-refractivity contribution in [2.45, 2.75) is 32.6 Å². The molecule has 7 aromatic rings. The first-order chi connectivity index (χ1) is 19.8. The highest BCUT2D eigenvalue weighted by molar-refractivity contribution is 6.15. The average molecular weight is 520 g/mol. The van der Waals surface area contributed by atoms with Gasteiger partial charge in [0.2, 0.25) is 0 Å². The number of rotatable bonds is 8. The molecule has 2 heteroatoms. The SMILES string of the molecule is CCCCCCOc1ccc(-n2c3ccccc3c3ccc(-c4c5ccccc5cc5ccccc45)cc32)cc1. The van der Waals surface area contributed by atoms with Gasteiger partial charge >= 0.3 is 0 Å². The number of ether oxygens (including phenoxy) is 1. The minimum atomic E-state index is 0.775. The maximum Gasteiger partial charge on any atom is 0.119 e. The molecule has 196 valence electrons. The molecule has 0 atom stereocenters. The van der Waals surface area contributed by atoms with Gasteiger partial charge in [-0.2, -0.15) is 0 Å². The Morgan fingerprint density at radius 3 is 1.93 bits per heavy atom. The van der Waals surface area contributed by atoms with Crippen molar-refractivity contribution in [1.29, 1.82) is 0 Å². The van der Waals surface area contributed by atoms with E-state index in [9.17, 15) is 0 Å². The second kappa shape index (κ2) is 10.5. The first-order valence-corrected chi connectivity index (χ1v) is 14.5. The lowest BCUT2D eigenvalue weighted by Crippen LogP contribution is -1.98. The minimum absolute atomic E-state index is 0.775. The number of hydrogen-bond acceptors (Lipinski definition) is 1. The van der Waals surface area contributed by atoms with E-state index >= 15 is 0 Å². The molecule has 0 fully saturated rings. The Morgan fingerprint density at radius 1 is 0.550 bits per heavy atom. The molecule has 40 heavy (non-hydrogen) atoms. The van der Waals surface area contributed by atoms with E-state index < -0.39 is 0 Å². The van der Waals surface area contributed by atoms with Gasteiger partial charge in [-0.05, 0) is 81.6 Å². The molecular weight excluding hydrogens is 486 g/mol. The molecule has 0 radical (unpaired) electrons. The van der Waals surface area contributed by atoms with Crippen LogP contribution in [0, 0.1) is 0 Å². The second-order valence-electron chi connectivity index (χ2n) is 10.7. The molecule has 0 unspecified atom stereocenters. The molecule has 1 heterocycles. The summed E-state index contributed by atoms with van der Waals surface area (Å²) in [7, 11) is 0. The van der Waals surface area contributed by atoms with Crippen molar-refractivity contribution in [2.24, 2.45) is 0 Å². The quantitative estimate of drug-likeness (QED) is 0.144. The molecule has 0 aliphatic heterocycles. The Hall–Kier alpha value is -4.56. The van der Waals surface area contributed by atoms with Gasteiger partial charge in [-0.1, -0.05) is 105 Å². The van der Waals surface area contributed by atoms with E-state index in [-0.39, 0.29) is 0 Å². The Kier molecular flexibility index (Phi) is 6.45. The predicted octanol–water partition coefficient (Wildman–Crippen LogP) is 10.7. The number of aromatic nitrogens is 1. The van der Waals surface area contributed by atoms with E-state index in [0.717, 1.165) is 24.5 Å². The molecular formula is C38H33NO. The van der Waals surface area contributed by atoms with Gasteiger partial charge in [0.1, 0.15) is 5.75 Å². The molecule has 0 N–H and O–H groups in total. The molecule has 0 spiro atoms. The standard InChI is InChI=1S/C38H33NO/c1-2-3-4-11-24-40-31-21-19-30(20-22-31)39-36-17-10-9-16-34(36)35-23-18-29(26-37(35)39)38-32-14-7-5-12-27(32)25-28-13-6-8-15-33(28)38/h5-10,12-23,25-26H,2-4,11,24H2,1H3. The maximum atomic E-state index is 6.05. The van der Waals surface area contributed by atoms with Crippen molar-refractivity contribution in [3.63, 3.8) is 0 Å². The van der Waals surface area contributed by atoms with Crippen LogP contribution in [0.2, 0.25) is 0 Å². The third-order valence-electron chi connectivity index (χ3n) is 8.10. The van der Waals surface area contributed by atoms with Crippen LogP contribution in [0.4, 0.5) is 0 Å². The van der Waals surface area contributed by atoms with Crippen molar-refractivity contribution in [2.75, 3.05) is 6.61 Å². The van der Waals surface area contributed by atoms with Crippen molar-refractivity contribution in [3.8, 4) is 22.6 Å². The number of para-hydroxylation sites is 1. The number of nitrogens with zero attached hydrogens (tertiary/aromatic N) is 1. The summed E-state index contributed by atoms with van der Waals surface area (Å²) in [4.78, 5) is 0. The zero-order chi connectivity index (χ0) is 26.9. The average Bonchev–Trinajstić information content (AvgIpc) is 3.33. The van der Waals surface area contributed by atoms with Crippen molar-refractivity contribution in [1.82, 2.24) is 4.57 Å². The Labute approximate surface area is 235 Å². The Balaban J connectivity index is 1.38. The fourth-order valence-corrected chi connectivity index (χ4v) is 6.14. The van der Waals surface area contributed by atoms with E-state index in [1.165, 1.54) is 73.7 Å². The summed E-state index contributed by atoms with van der Waals surface area (Å²) in [5, 5.41) is 7.62. The normalized spacial score (nSPS) is 11.6. The van der Waals surface area contributed by atoms with Crippen LogP contribution in [0.3, 0.4) is 0 Å². The smallest absolute Gasteiger partial charge is 0.119 e. The van der Waals surface area contributed by atoms with Gasteiger partial charge in [-0.25, -0.2) is 0 Å². The summed E-state index contributed by atoms with van der Waals surface area (Å²) in [5.41, 5.74) is 6.09. The molecule has 2 nitrogen and oxygen atoms in total. The van der Waals surface area contributed by atoms with Crippen LogP contribution in [0.5, 0.6) is 5.75 Å². The lowest BCUT2D eigenvalue weighted by atomic mass is 9.91. The summed E-state index contributed by atoms with van der Waals surface area (Å²) in [6.45, 7) is 3.01. The van der Waals surface area contributed by atoms with Crippen LogP contribution in [-0.4, -0.2) is 11.2 Å². The Morgan fingerprint density at radius 2 is 1.20 bits per heavy atom. The van der Waals surface area contributed by atoms with Crippen molar-refractivity contribution < 1.29 is 4.74 Å². The number of hydrogen-bond donors (Lipinski definition) is 0. The largest absolute Gasteiger partial charge is 0.494 e. The molecule has 0 aliphatic carbocycles. The van der Waals surface area contributed by atoms with Crippen molar-refractivity contribution >= 4 is 43.4 Å². The molecule has 0 bridgehead atoms. The van der Waals surface area contributed by atoms with Gasteiger partial charge in [-0.15, -0.1) is 0 Å². The van der Waals surface area contributed by atoms with E-state index in [0.29, 0.717) is 0 Å². The first-order valence-electron chi connectivity index (χ1n) is 14.5. The summed E-state index contributed by atoms with van der Waals surface area (Å²) < 4.78 is 8.44. The van der Waals surface area contributed by atoms with Gasteiger partial charge in [-0.3, -0.25) is 0 Å². The van der Waals surface area contributed by atoms with Gasteiger partial charge in [0.05, 0.1) is 17.6 Å². The van der Waals surface area contributed by atoms with Crippen LogP contribution >= 0.6 is 0 Å². The van der Waals surface area contributed by atoms with E-state index in [2.05, 4.69) is 133 Å².